The van der Waals surface area contributed by atoms with E-state index in [-0.39, 0.29) is 11.1 Å². The summed E-state index contributed by atoms with van der Waals surface area (Å²) >= 11 is 5.94. The first kappa shape index (κ1) is 15.9. The van der Waals surface area contributed by atoms with Gasteiger partial charge < -0.3 is 14.4 Å². The van der Waals surface area contributed by atoms with E-state index in [0.717, 1.165) is 6.42 Å². The van der Waals surface area contributed by atoms with E-state index in [2.05, 4.69) is 4.98 Å². The van der Waals surface area contributed by atoms with Crippen LogP contribution in [0.5, 0.6) is 0 Å². The number of hydrogen-bond acceptors (Lipinski definition) is 4. The van der Waals surface area contributed by atoms with E-state index in [1.165, 1.54) is 0 Å². The van der Waals surface area contributed by atoms with E-state index in [1.54, 1.807) is 37.4 Å². The summed E-state index contributed by atoms with van der Waals surface area (Å²) in [6.07, 6.45) is 2.33. The lowest BCUT2D eigenvalue weighted by Crippen LogP contribution is -2.35. The van der Waals surface area contributed by atoms with E-state index < -0.39 is 0 Å². The van der Waals surface area contributed by atoms with Crippen LogP contribution in [0.3, 0.4) is 0 Å². The Kier molecular flexibility index (Phi) is 7.40. The number of halogens is 1. The molecule has 0 spiro atoms. The van der Waals surface area contributed by atoms with Crippen molar-refractivity contribution in [1.82, 2.24) is 9.88 Å². The van der Waals surface area contributed by atoms with Gasteiger partial charge in [-0.15, -0.1) is 0 Å². The van der Waals surface area contributed by atoms with Crippen LogP contribution in [0.2, 0.25) is 5.15 Å². The minimum Gasteiger partial charge on any atom is -0.385 e. The second-order valence-electron chi connectivity index (χ2n) is 3.97. The van der Waals surface area contributed by atoms with Gasteiger partial charge in [0.1, 0.15) is 5.15 Å². The number of carbonyl (C=O) groups excluding carboxylic acids is 1. The molecular formula is C13H19ClN2O3. The summed E-state index contributed by atoms with van der Waals surface area (Å²) in [5.74, 6) is -0.133. The van der Waals surface area contributed by atoms with Crippen molar-refractivity contribution in [3.8, 4) is 0 Å². The Morgan fingerprint density at radius 3 is 2.68 bits per heavy atom. The third-order valence-corrected chi connectivity index (χ3v) is 2.92. The number of amides is 1. The van der Waals surface area contributed by atoms with Gasteiger partial charge in [-0.05, 0) is 18.6 Å². The van der Waals surface area contributed by atoms with Crippen LogP contribution < -0.4 is 0 Å². The van der Waals surface area contributed by atoms with E-state index in [1.807, 2.05) is 0 Å². The van der Waals surface area contributed by atoms with Crippen LogP contribution in [-0.2, 0) is 9.47 Å². The maximum absolute atomic E-state index is 12.4. The Bertz CT molecular complexity index is 401. The Morgan fingerprint density at radius 2 is 2.05 bits per heavy atom. The lowest BCUT2D eigenvalue weighted by atomic mass is 10.2. The number of rotatable bonds is 8. The number of nitrogens with zero attached hydrogens (tertiary/aromatic N) is 2. The molecule has 0 fully saturated rings. The third-order valence-electron chi connectivity index (χ3n) is 2.62. The molecule has 106 valence electrons. The monoisotopic (exact) mass is 286 g/mol. The Morgan fingerprint density at radius 1 is 1.32 bits per heavy atom. The van der Waals surface area contributed by atoms with Crippen molar-refractivity contribution in [1.29, 1.82) is 0 Å². The molecule has 0 radical (unpaired) electrons. The summed E-state index contributed by atoms with van der Waals surface area (Å²) in [6, 6.07) is 3.37. The lowest BCUT2D eigenvalue weighted by Gasteiger charge is -2.22. The molecule has 5 nitrogen and oxygen atoms in total. The largest absolute Gasteiger partial charge is 0.385 e. The predicted octanol–water partition coefficient (Wildman–Crippen LogP) is 1.86. The van der Waals surface area contributed by atoms with Crippen LogP contribution in [0.15, 0.2) is 18.3 Å². The first-order valence-corrected chi connectivity index (χ1v) is 6.46. The van der Waals surface area contributed by atoms with Crippen molar-refractivity contribution in [3.63, 3.8) is 0 Å². The van der Waals surface area contributed by atoms with Crippen LogP contribution in [0.4, 0.5) is 0 Å². The zero-order valence-corrected chi connectivity index (χ0v) is 12.0. The molecule has 1 heterocycles. The molecule has 1 aromatic rings. The quantitative estimate of drug-likeness (QED) is 0.541. The highest BCUT2D eigenvalue weighted by atomic mass is 35.5. The zero-order valence-electron chi connectivity index (χ0n) is 11.3. The van der Waals surface area contributed by atoms with Gasteiger partial charge in [0.05, 0.1) is 12.2 Å². The van der Waals surface area contributed by atoms with Crippen molar-refractivity contribution in [2.75, 3.05) is 40.5 Å². The zero-order chi connectivity index (χ0) is 14.1. The summed E-state index contributed by atoms with van der Waals surface area (Å²) < 4.78 is 10.0. The highest BCUT2D eigenvalue weighted by Crippen LogP contribution is 2.14. The second kappa shape index (κ2) is 8.85. The summed E-state index contributed by atoms with van der Waals surface area (Å²) in [5, 5.41) is 0.224. The Hall–Kier alpha value is -1.17. The van der Waals surface area contributed by atoms with Gasteiger partial charge in [0.2, 0.25) is 0 Å². The molecule has 19 heavy (non-hydrogen) atoms. The molecule has 0 saturated heterocycles. The van der Waals surface area contributed by atoms with Gasteiger partial charge in [-0.2, -0.15) is 0 Å². The highest BCUT2D eigenvalue weighted by Gasteiger charge is 2.18. The van der Waals surface area contributed by atoms with Crippen LogP contribution in [-0.4, -0.2) is 56.3 Å². The molecule has 1 amide bonds. The Labute approximate surface area is 118 Å². The summed E-state index contributed by atoms with van der Waals surface area (Å²) in [7, 11) is 3.24. The van der Waals surface area contributed by atoms with Crippen LogP contribution >= 0.6 is 11.6 Å². The average molecular weight is 287 g/mol. The topological polar surface area (TPSA) is 51.7 Å². The highest BCUT2D eigenvalue weighted by molar-refractivity contribution is 6.32. The van der Waals surface area contributed by atoms with Gasteiger partial charge in [0.25, 0.3) is 5.91 Å². The molecule has 0 unspecified atom stereocenters. The lowest BCUT2D eigenvalue weighted by molar-refractivity contribution is 0.0674. The number of pyridine rings is 1. The first-order chi connectivity index (χ1) is 9.20. The number of aromatic nitrogens is 1. The van der Waals surface area contributed by atoms with Crippen molar-refractivity contribution >= 4 is 17.5 Å². The standard InChI is InChI=1S/C13H19ClN2O3/c1-18-9-4-7-16(8-10-19-2)13(17)11-5-3-6-15-12(11)14/h3,5-6H,4,7-10H2,1-2H3. The number of hydrogen-bond donors (Lipinski definition) is 0. The maximum atomic E-state index is 12.4. The molecule has 0 N–H and O–H groups in total. The molecular weight excluding hydrogens is 268 g/mol. The van der Waals surface area contributed by atoms with Gasteiger partial charge in [-0.3, -0.25) is 4.79 Å². The average Bonchev–Trinajstić information content (AvgIpc) is 2.42. The first-order valence-electron chi connectivity index (χ1n) is 6.08. The van der Waals surface area contributed by atoms with Crippen molar-refractivity contribution in [2.45, 2.75) is 6.42 Å². The van der Waals surface area contributed by atoms with Gasteiger partial charge in [0.15, 0.2) is 0 Å². The van der Waals surface area contributed by atoms with E-state index in [9.17, 15) is 4.79 Å². The van der Waals surface area contributed by atoms with Crippen molar-refractivity contribution < 1.29 is 14.3 Å². The molecule has 0 aliphatic carbocycles. The van der Waals surface area contributed by atoms with Gasteiger partial charge >= 0.3 is 0 Å². The molecule has 1 rings (SSSR count). The third kappa shape index (κ3) is 5.14. The minimum atomic E-state index is -0.133. The van der Waals surface area contributed by atoms with E-state index in [0.29, 0.717) is 31.9 Å². The van der Waals surface area contributed by atoms with Crippen molar-refractivity contribution in [2.24, 2.45) is 0 Å². The smallest absolute Gasteiger partial charge is 0.257 e. The fraction of sp³-hybridized carbons (Fsp3) is 0.538. The van der Waals surface area contributed by atoms with Gasteiger partial charge in [-0.1, -0.05) is 11.6 Å². The molecule has 0 aliphatic heterocycles. The van der Waals surface area contributed by atoms with Crippen LogP contribution in [0.25, 0.3) is 0 Å². The molecule has 0 aliphatic rings. The SMILES string of the molecule is COCCCN(CCOC)C(=O)c1cccnc1Cl. The molecule has 6 heteroatoms. The minimum absolute atomic E-state index is 0.133. The fourth-order valence-electron chi connectivity index (χ4n) is 1.63. The molecule has 0 aromatic carbocycles. The number of carbonyl (C=O) groups is 1. The van der Waals surface area contributed by atoms with Crippen LogP contribution in [0, 0.1) is 0 Å². The van der Waals surface area contributed by atoms with Crippen LogP contribution in [0.1, 0.15) is 16.8 Å². The molecule has 0 saturated carbocycles. The second-order valence-corrected chi connectivity index (χ2v) is 4.33. The summed E-state index contributed by atoms with van der Waals surface area (Å²) in [4.78, 5) is 18.0. The maximum Gasteiger partial charge on any atom is 0.257 e. The summed E-state index contributed by atoms with van der Waals surface area (Å²) in [5.41, 5.74) is 0.415. The normalized spacial score (nSPS) is 10.5. The number of ether oxygens (including phenoxy) is 2. The van der Waals surface area contributed by atoms with E-state index in [4.69, 9.17) is 21.1 Å². The Balaban J connectivity index is 2.72. The van der Waals surface area contributed by atoms with Gasteiger partial charge in [-0.25, -0.2) is 4.98 Å². The predicted molar refractivity (Wildman–Crippen MR) is 73.5 cm³/mol. The molecule has 1 aromatic heterocycles. The van der Waals surface area contributed by atoms with E-state index >= 15 is 0 Å². The fourth-order valence-corrected chi connectivity index (χ4v) is 1.83. The summed E-state index contributed by atoms with van der Waals surface area (Å²) in [6.45, 7) is 2.21. The van der Waals surface area contributed by atoms with Crippen molar-refractivity contribution in [3.05, 3.63) is 29.0 Å². The molecule has 0 bridgehead atoms. The molecule has 0 atom stereocenters. The van der Waals surface area contributed by atoms with Gasteiger partial charge in [0, 0.05) is 40.1 Å². The number of methoxy groups -OCH3 is 2.